The first-order valence-corrected chi connectivity index (χ1v) is 9.94. The molecular weight excluding hydrogens is 386 g/mol. The van der Waals surface area contributed by atoms with Crippen LogP contribution in [0.5, 0.6) is 5.75 Å². The number of rotatable bonds is 6. The zero-order valence-electron chi connectivity index (χ0n) is 16.9. The number of carbonyl (C=O) groups is 2. The van der Waals surface area contributed by atoms with Crippen LogP contribution in [0.3, 0.4) is 0 Å². The molecule has 156 valence electrons. The molecule has 2 bridgehead atoms. The third-order valence-electron chi connectivity index (χ3n) is 6.23. The molecule has 2 amide bonds. The highest BCUT2D eigenvalue weighted by atomic mass is 16.5. The van der Waals surface area contributed by atoms with Crippen molar-refractivity contribution in [2.45, 2.75) is 24.8 Å². The van der Waals surface area contributed by atoms with Crippen LogP contribution < -0.4 is 4.74 Å². The van der Waals surface area contributed by atoms with Gasteiger partial charge in [-0.1, -0.05) is 29.4 Å². The molecule has 3 aliphatic heterocycles. The number of hydrogen-bond donors (Lipinski definition) is 0. The highest BCUT2D eigenvalue weighted by Crippen LogP contribution is 2.52. The molecule has 1 aromatic carbocycles. The van der Waals surface area contributed by atoms with Crippen LogP contribution in [0.1, 0.15) is 11.3 Å². The van der Waals surface area contributed by atoms with Gasteiger partial charge in [-0.05, 0) is 17.7 Å². The first-order chi connectivity index (χ1) is 14.5. The number of hydrogen-bond acceptors (Lipinski definition) is 6. The van der Waals surface area contributed by atoms with Gasteiger partial charge in [0.15, 0.2) is 5.76 Å². The van der Waals surface area contributed by atoms with Gasteiger partial charge in [0.2, 0.25) is 11.8 Å². The minimum atomic E-state index is -0.728. The Labute approximate surface area is 174 Å². The second-order valence-electron chi connectivity index (χ2n) is 8.12. The molecule has 2 saturated heterocycles. The van der Waals surface area contributed by atoms with Crippen molar-refractivity contribution in [1.29, 1.82) is 0 Å². The fourth-order valence-corrected chi connectivity index (χ4v) is 4.88. The number of aromatic nitrogens is 1. The lowest BCUT2D eigenvalue weighted by Crippen LogP contribution is -2.44. The van der Waals surface area contributed by atoms with E-state index >= 15 is 0 Å². The van der Waals surface area contributed by atoms with Crippen molar-refractivity contribution in [3.63, 3.8) is 0 Å². The molecule has 0 saturated carbocycles. The van der Waals surface area contributed by atoms with E-state index in [-0.39, 0.29) is 17.9 Å². The Bertz CT molecular complexity index is 1000. The third-order valence-corrected chi connectivity index (χ3v) is 6.23. The zero-order chi connectivity index (χ0) is 20.9. The smallest absolute Gasteiger partial charge is 0.230 e. The number of methoxy groups -OCH3 is 1. The molecule has 1 aromatic heterocycles. The van der Waals surface area contributed by atoms with Crippen LogP contribution in [-0.2, 0) is 27.4 Å². The zero-order valence-corrected chi connectivity index (χ0v) is 16.9. The number of benzene rings is 1. The van der Waals surface area contributed by atoms with Gasteiger partial charge in [0, 0.05) is 19.7 Å². The van der Waals surface area contributed by atoms with Crippen LogP contribution in [0.15, 0.2) is 53.2 Å². The minimum absolute atomic E-state index is 0.0453. The number of ether oxygens (including phenoxy) is 2. The van der Waals surface area contributed by atoms with Crippen molar-refractivity contribution in [2.75, 3.05) is 20.7 Å². The summed E-state index contributed by atoms with van der Waals surface area (Å²) in [6.07, 6.45) is 5.06. The molecule has 2 aromatic rings. The average molecular weight is 409 g/mol. The van der Waals surface area contributed by atoms with Crippen molar-refractivity contribution in [3.05, 3.63) is 60.0 Å². The summed E-state index contributed by atoms with van der Waals surface area (Å²) in [5.74, 6) is 0.128. The van der Waals surface area contributed by atoms with Crippen LogP contribution in [0.4, 0.5) is 0 Å². The molecule has 0 aliphatic carbocycles. The number of carbonyl (C=O) groups excluding carboxylic acids is 2. The first-order valence-electron chi connectivity index (χ1n) is 9.94. The summed E-state index contributed by atoms with van der Waals surface area (Å²) in [6, 6.07) is 9.37. The van der Waals surface area contributed by atoms with Crippen molar-refractivity contribution >= 4 is 11.8 Å². The molecule has 5 rings (SSSR count). The largest absolute Gasteiger partial charge is 0.497 e. The van der Waals surface area contributed by atoms with Gasteiger partial charge in [0.25, 0.3) is 0 Å². The second kappa shape index (κ2) is 6.98. The molecular formula is C22H23N3O5. The number of amides is 2. The lowest BCUT2D eigenvalue weighted by atomic mass is 9.76. The molecule has 0 N–H and O–H groups in total. The molecule has 0 unspecified atom stereocenters. The standard InChI is InChI=1S/C22H23N3O5/c1-24(12-16-7-9-23-30-16)20(26)18-17-6-8-22(29-17)13-25(21(27)19(18)22)11-14-4-3-5-15(10-14)28-2/h3-10,17-19H,11-13H2,1-2H3/t17-,18-,19+,22-/m0/s1. The summed E-state index contributed by atoms with van der Waals surface area (Å²) in [4.78, 5) is 30.0. The highest BCUT2D eigenvalue weighted by Gasteiger charge is 2.67. The Morgan fingerprint density at radius 1 is 1.40 bits per heavy atom. The maximum atomic E-state index is 13.4. The van der Waals surface area contributed by atoms with Crippen LogP contribution in [0, 0.1) is 11.8 Å². The van der Waals surface area contributed by atoms with E-state index in [4.69, 9.17) is 14.0 Å². The summed E-state index contributed by atoms with van der Waals surface area (Å²) >= 11 is 0. The summed E-state index contributed by atoms with van der Waals surface area (Å²) in [5.41, 5.74) is 0.247. The quantitative estimate of drug-likeness (QED) is 0.674. The molecule has 8 nitrogen and oxygen atoms in total. The van der Waals surface area contributed by atoms with E-state index in [0.717, 1.165) is 11.3 Å². The first kappa shape index (κ1) is 18.9. The van der Waals surface area contributed by atoms with Crippen molar-refractivity contribution < 1.29 is 23.6 Å². The summed E-state index contributed by atoms with van der Waals surface area (Å²) in [5, 5.41) is 3.68. The average Bonchev–Trinajstić information content (AvgIpc) is 3.51. The lowest BCUT2D eigenvalue weighted by Gasteiger charge is -2.27. The van der Waals surface area contributed by atoms with Gasteiger partial charge in [0.05, 0.1) is 44.3 Å². The van der Waals surface area contributed by atoms with E-state index < -0.39 is 17.4 Å². The summed E-state index contributed by atoms with van der Waals surface area (Å²) in [7, 11) is 3.33. The van der Waals surface area contributed by atoms with E-state index in [1.807, 2.05) is 36.4 Å². The molecule has 1 spiro atoms. The summed E-state index contributed by atoms with van der Waals surface area (Å²) < 4.78 is 16.6. The summed E-state index contributed by atoms with van der Waals surface area (Å²) in [6.45, 7) is 1.19. The Morgan fingerprint density at radius 3 is 3.03 bits per heavy atom. The maximum absolute atomic E-state index is 13.4. The highest BCUT2D eigenvalue weighted by molar-refractivity contribution is 5.93. The van der Waals surface area contributed by atoms with Crippen LogP contribution in [0.2, 0.25) is 0 Å². The van der Waals surface area contributed by atoms with Crippen LogP contribution in [-0.4, -0.2) is 59.2 Å². The van der Waals surface area contributed by atoms with E-state index in [0.29, 0.717) is 25.4 Å². The Balaban J connectivity index is 1.36. The minimum Gasteiger partial charge on any atom is -0.497 e. The maximum Gasteiger partial charge on any atom is 0.230 e. The Kier molecular flexibility index (Phi) is 4.39. The predicted octanol–water partition coefficient (Wildman–Crippen LogP) is 1.62. The second-order valence-corrected chi connectivity index (χ2v) is 8.12. The molecule has 4 heterocycles. The van der Waals surface area contributed by atoms with Crippen molar-refractivity contribution in [1.82, 2.24) is 15.0 Å². The fraction of sp³-hybridized carbons (Fsp3) is 0.409. The van der Waals surface area contributed by atoms with Crippen molar-refractivity contribution in [2.24, 2.45) is 11.8 Å². The van der Waals surface area contributed by atoms with Crippen molar-refractivity contribution in [3.8, 4) is 5.75 Å². The van der Waals surface area contributed by atoms with E-state index in [1.165, 1.54) is 0 Å². The SMILES string of the molecule is COc1cccc(CN2C[C@]34C=C[C@H](O3)[C@H](C(=O)N(C)Cc3ccno3)[C@@H]4C2=O)c1. The third kappa shape index (κ3) is 2.90. The van der Waals surface area contributed by atoms with Gasteiger partial charge in [-0.25, -0.2) is 0 Å². The topological polar surface area (TPSA) is 85.1 Å². The van der Waals surface area contributed by atoms with Crippen LogP contribution >= 0.6 is 0 Å². The number of fused-ring (bicyclic) bond motifs is 1. The van der Waals surface area contributed by atoms with Gasteiger partial charge >= 0.3 is 0 Å². The van der Waals surface area contributed by atoms with Gasteiger partial charge in [-0.3, -0.25) is 9.59 Å². The fourth-order valence-electron chi connectivity index (χ4n) is 4.88. The predicted molar refractivity (Wildman–Crippen MR) is 105 cm³/mol. The van der Waals surface area contributed by atoms with E-state index in [9.17, 15) is 9.59 Å². The Morgan fingerprint density at radius 2 is 2.27 bits per heavy atom. The van der Waals surface area contributed by atoms with E-state index in [2.05, 4.69) is 5.16 Å². The number of likely N-dealkylation sites (tertiary alicyclic amines) is 1. The molecule has 30 heavy (non-hydrogen) atoms. The Hall–Kier alpha value is -3.13. The van der Waals surface area contributed by atoms with Gasteiger partial charge in [-0.2, -0.15) is 0 Å². The molecule has 0 radical (unpaired) electrons. The molecule has 2 fully saturated rings. The normalized spacial score (nSPS) is 28.8. The van der Waals surface area contributed by atoms with Gasteiger partial charge < -0.3 is 23.8 Å². The monoisotopic (exact) mass is 409 g/mol. The molecule has 3 aliphatic rings. The van der Waals surface area contributed by atoms with Gasteiger partial charge in [-0.15, -0.1) is 0 Å². The number of nitrogens with zero attached hydrogens (tertiary/aromatic N) is 3. The van der Waals surface area contributed by atoms with Crippen LogP contribution in [0.25, 0.3) is 0 Å². The van der Waals surface area contributed by atoms with E-state index in [1.54, 1.807) is 36.2 Å². The lowest BCUT2D eigenvalue weighted by molar-refractivity contribution is -0.143. The molecule has 4 atom stereocenters. The molecule has 8 heteroatoms. The van der Waals surface area contributed by atoms with Gasteiger partial charge in [0.1, 0.15) is 11.4 Å².